The first-order valence-electron chi connectivity index (χ1n) is 8.45. The van der Waals surface area contributed by atoms with Crippen LogP contribution in [0.25, 0.3) is 0 Å². The zero-order valence-electron chi connectivity index (χ0n) is 15.7. The number of aryl methyl sites for hydroxylation is 1. The van der Waals surface area contributed by atoms with Gasteiger partial charge in [-0.2, -0.15) is 0 Å². The largest absolute Gasteiger partial charge is 0.491 e. The van der Waals surface area contributed by atoms with Crippen LogP contribution in [0.2, 0.25) is 0 Å². The highest BCUT2D eigenvalue weighted by atomic mass is 16.5. The molecule has 0 heterocycles. The van der Waals surface area contributed by atoms with Crippen LogP contribution in [-0.2, 0) is 11.3 Å². The highest BCUT2D eigenvalue weighted by Crippen LogP contribution is 2.20. The molecule has 0 aliphatic heterocycles. The Morgan fingerprint density at radius 1 is 1.25 bits per heavy atom. The van der Waals surface area contributed by atoms with Crippen molar-refractivity contribution in [2.24, 2.45) is 4.99 Å². The van der Waals surface area contributed by atoms with Crippen LogP contribution < -0.4 is 15.4 Å². The molecule has 0 saturated heterocycles. The van der Waals surface area contributed by atoms with Gasteiger partial charge in [-0.15, -0.1) is 0 Å². The van der Waals surface area contributed by atoms with Crippen molar-refractivity contribution < 1.29 is 9.47 Å². The number of rotatable bonds is 10. The standard InChI is InChI=1S/C18H32N4O2/c1-6-22(4)10-9-20-18(19-3)21-14-16-8-7-15(2)13-17(16)24-12-11-23-5/h7-8,13H,6,9-12,14H2,1-5H3,(H2,19,20,21). The topological polar surface area (TPSA) is 58.1 Å². The number of likely N-dealkylation sites (N-methyl/N-ethyl adjacent to an activating group) is 1. The number of aliphatic imine (C=N–C) groups is 1. The highest BCUT2D eigenvalue weighted by molar-refractivity contribution is 5.79. The Kier molecular flexibility index (Phi) is 9.88. The highest BCUT2D eigenvalue weighted by Gasteiger charge is 2.06. The number of benzene rings is 1. The van der Waals surface area contributed by atoms with E-state index in [1.165, 1.54) is 5.56 Å². The molecule has 136 valence electrons. The smallest absolute Gasteiger partial charge is 0.191 e. The lowest BCUT2D eigenvalue weighted by atomic mass is 10.1. The molecule has 0 unspecified atom stereocenters. The molecular formula is C18H32N4O2. The van der Waals surface area contributed by atoms with Gasteiger partial charge in [0, 0.05) is 39.4 Å². The van der Waals surface area contributed by atoms with Gasteiger partial charge in [0.25, 0.3) is 0 Å². The number of hydrogen-bond donors (Lipinski definition) is 2. The van der Waals surface area contributed by atoms with E-state index >= 15 is 0 Å². The number of methoxy groups -OCH3 is 1. The van der Waals surface area contributed by atoms with E-state index in [0.717, 1.165) is 36.9 Å². The summed E-state index contributed by atoms with van der Waals surface area (Å²) in [5.74, 6) is 1.68. The second kappa shape index (κ2) is 11.7. The lowest BCUT2D eigenvalue weighted by Crippen LogP contribution is -2.40. The van der Waals surface area contributed by atoms with E-state index in [-0.39, 0.29) is 0 Å². The quantitative estimate of drug-likeness (QED) is 0.386. The summed E-state index contributed by atoms with van der Waals surface area (Å²) >= 11 is 0. The molecule has 2 N–H and O–H groups in total. The van der Waals surface area contributed by atoms with Crippen molar-refractivity contribution in [2.45, 2.75) is 20.4 Å². The van der Waals surface area contributed by atoms with E-state index < -0.39 is 0 Å². The number of guanidine groups is 1. The van der Waals surface area contributed by atoms with Gasteiger partial charge in [-0.1, -0.05) is 19.1 Å². The van der Waals surface area contributed by atoms with Gasteiger partial charge in [0.05, 0.1) is 6.61 Å². The minimum Gasteiger partial charge on any atom is -0.491 e. The summed E-state index contributed by atoms with van der Waals surface area (Å²) in [7, 11) is 5.56. The van der Waals surface area contributed by atoms with Crippen LogP contribution in [0.15, 0.2) is 23.2 Å². The molecule has 0 bridgehead atoms. The van der Waals surface area contributed by atoms with E-state index in [4.69, 9.17) is 9.47 Å². The van der Waals surface area contributed by atoms with Crippen LogP contribution >= 0.6 is 0 Å². The van der Waals surface area contributed by atoms with E-state index in [1.54, 1.807) is 14.2 Å². The molecule has 6 nitrogen and oxygen atoms in total. The Bertz CT molecular complexity index is 506. The lowest BCUT2D eigenvalue weighted by molar-refractivity contribution is 0.145. The molecule has 0 aliphatic carbocycles. The number of ether oxygens (including phenoxy) is 2. The molecule has 24 heavy (non-hydrogen) atoms. The van der Waals surface area contributed by atoms with E-state index in [1.807, 2.05) is 0 Å². The fourth-order valence-electron chi connectivity index (χ4n) is 2.10. The molecule has 0 radical (unpaired) electrons. The van der Waals surface area contributed by atoms with E-state index in [0.29, 0.717) is 19.8 Å². The van der Waals surface area contributed by atoms with Gasteiger partial charge in [-0.3, -0.25) is 4.99 Å². The first-order chi connectivity index (χ1) is 11.6. The molecule has 1 aromatic rings. The van der Waals surface area contributed by atoms with Gasteiger partial charge in [0.15, 0.2) is 5.96 Å². The van der Waals surface area contributed by atoms with Gasteiger partial charge in [-0.25, -0.2) is 0 Å². The predicted molar refractivity (Wildman–Crippen MR) is 99.9 cm³/mol. The molecule has 0 aliphatic rings. The molecule has 1 aromatic carbocycles. The molecule has 0 aromatic heterocycles. The van der Waals surface area contributed by atoms with Crippen LogP contribution in [0.5, 0.6) is 5.75 Å². The van der Waals surface area contributed by atoms with E-state index in [9.17, 15) is 0 Å². The molecule has 0 atom stereocenters. The van der Waals surface area contributed by atoms with E-state index in [2.05, 4.69) is 59.6 Å². The van der Waals surface area contributed by atoms with Crippen molar-refractivity contribution in [1.82, 2.24) is 15.5 Å². The second-order valence-electron chi connectivity index (χ2n) is 5.70. The summed E-state index contributed by atoms with van der Waals surface area (Å²) in [4.78, 5) is 6.52. The van der Waals surface area contributed by atoms with Crippen LogP contribution in [0.1, 0.15) is 18.1 Å². The summed E-state index contributed by atoms with van der Waals surface area (Å²) in [6.45, 7) is 8.87. The van der Waals surface area contributed by atoms with Crippen molar-refractivity contribution in [1.29, 1.82) is 0 Å². The summed E-state index contributed by atoms with van der Waals surface area (Å²) in [6.07, 6.45) is 0. The van der Waals surface area contributed by atoms with Gasteiger partial charge in [0.2, 0.25) is 0 Å². The maximum absolute atomic E-state index is 5.82. The fourth-order valence-corrected chi connectivity index (χ4v) is 2.10. The van der Waals surface area contributed by atoms with Crippen molar-refractivity contribution in [3.05, 3.63) is 29.3 Å². The first kappa shape index (κ1) is 20.3. The number of nitrogens with one attached hydrogen (secondary N) is 2. The number of nitrogens with zero attached hydrogens (tertiary/aromatic N) is 2. The lowest BCUT2D eigenvalue weighted by Gasteiger charge is -2.17. The van der Waals surface area contributed by atoms with Crippen LogP contribution in [-0.4, -0.2) is 64.9 Å². The van der Waals surface area contributed by atoms with Crippen LogP contribution in [0, 0.1) is 6.92 Å². The fraction of sp³-hybridized carbons (Fsp3) is 0.611. The van der Waals surface area contributed by atoms with Gasteiger partial charge >= 0.3 is 0 Å². The number of hydrogen-bond acceptors (Lipinski definition) is 4. The monoisotopic (exact) mass is 336 g/mol. The Labute approximate surface area is 146 Å². The van der Waals surface area contributed by atoms with Crippen molar-refractivity contribution in [3.63, 3.8) is 0 Å². The molecular weight excluding hydrogens is 304 g/mol. The first-order valence-corrected chi connectivity index (χ1v) is 8.45. The molecule has 0 spiro atoms. The average molecular weight is 336 g/mol. The summed E-state index contributed by atoms with van der Waals surface area (Å²) < 4.78 is 10.9. The van der Waals surface area contributed by atoms with Crippen LogP contribution in [0.3, 0.4) is 0 Å². The minimum atomic E-state index is 0.545. The van der Waals surface area contributed by atoms with Crippen molar-refractivity contribution in [2.75, 3.05) is 54.1 Å². The molecule has 6 heteroatoms. The molecule has 0 fully saturated rings. The summed E-state index contributed by atoms with van der Waals surface area (Å²) in [5, 5.41) is 6.66. The second-order valence-corrected chi connectivity index (χ2v) is 5.70. The van der Waals surface area contributed by atoms with Crippen LogP contribution in [0.4, 0.5) is 0 Å². The van der Waals surface area contributed by atoms with Gasteiger partial charge in [-0.05, 0) is 32.1 Å². The Morgan fingerprint density at radius 2 is 2.04 bits per heavy atom. The Balaban J connectivity index is 2.54. The molecule has 0 amide bonds. The summed E-state index contributed by atoms with van der Waals surface area (Å²) in [5.41, 5.74) is 2.28. The summed E-state index contributed by atoms with van der Waals surface area (Å²) in [6, 6.07) is 6.23. The minimum absolute atomic E-state index is 0.545. The zero-order chi connectivity index (χ0) is 17.8. The average Bonchev–Trinajstić information content (AvgIpc) is 2.59. The third-order valence-electron chi connectivity index (χ3n) is 3.76. The SMILES string of the molecule is CCN(C)CCNC(=NC)NCc1ccc(C)cc1OCCOC. The normalized spacial score (nSPS) is 11.7. The van der Waals surface area contributed by atoms with Crippen molar-refractivity contribution >= 4 is 5.96 Å². The third-order valence-corrected chi connectivity index (χ3v) is 3.76. The van der Waals surface area contributed by atoms with Gasteiger partial charge < -0.3 is 25.0 Å². The van der Waals surface area contributed by atoms with Gasteiger partial charge in [0.1, 0.15) is 12.4 Å². The predicted octanol–water partition coefficient (Wildman–Crippen LogP) is 1.64. The Morgan fingerprint density at radius 3 is 2.71 bits per heavy atom. The maximum Gasteiger partial charge on any atom is 0.191 e. The molecule has 1 rings (SSSR count). The van der Waals surface area contributed by atoms with Crippen molar-refractivity contribution in [3.8, 4) is 5.75 Å². The maximum atomic E-state index is 5.82. The zero-order valence-corrected chi connectivity index (χ0v) is 15.7. The molecule has 0 saturated carbocycles. The third kappa shape index (κ3) is 7.66. The Hall–Kier alpha value is -1.79.